The standard InChI is InChI=1S/C19H17FN2O3S/c20-15-6-2-1-5-14(15)19(7-3-4-8-19)17(24)25-12-13-11-16(23)22-9-10-26-18(22)21-13/h1-2,5-6,9-11H,3-4,7-8,12H2. The van der Waals surface area contributed by atoms with E-state index >= 15 is 0 Å². The molecule has 134 valence electrons. The maximum atomic E-state index is 14.3. The number of rotatable bonds is 4. The third kappa shape index (κ3) is 2.82. The van der Waals surface area contributed by atoms with Crippen molar-refractivity contribution in [2.45, 2.75) is 37.7 Å². The molecule has 0 saturated heterocycles. The molecular weight excluding hydrogens is 355 g/mol. The lowest BCUT2D eigenvalue weighted by Crippen LogP contribution is -2.35. The summed E-state index contributed by atoms with van der Waals surface area (Å²) in [5, 5.41) is 1.77. The molecule has 0 amide bonds. The van der Waals surface area contributed by atoms with Crippen LogP contribution in [0.4, 0.5) is 4.39 Å². The van der Waals surface area contributed by atoms with Gasteiger partial charge in [0.15, 0.2) is 4.96 Å². The average Bonchev–Trinajstić information content (AvgIpc) is 3.30. The van der Waals surface area contributed by atoms with E-state index in [4.69, 9.17) is 4.74 Å². The maximum Gasteiger partial charge on any atom is 0.317 e. The third-order valence-electron chi connectivity index (χ3n) is 4.94. The van der Waals surface area contributed by atoms with Crippen molar-refractivity contribution in [1.29, 1.82) is 0 Å². The zero-order chi connectivity index (χ0) is 18.1. The summed E-state index contributed by atoms with van der Waals surface area (Å²) in [6.07, 6.45) is 4.48. The number of halogens is 1. The second-order valence-corrected chi connectivity index (χ2v) is 7.36. The fraction of sp³-hybridized carbons (Fsp3) is 0.316. The Morgan fingerprint density at radius 2 is 2.08 bits per heavy atom. The molecule has 3 aromatic rings. The minimum Gasteiger partial charge on any atom is -0.458 e. The molecule has 1 aromatic carbocycles. The molecule has 0 N–H and O–H groups in total. The quantitative estimate of drug-likeness (QED) is 0.658. The fourth-order valence-electron chi connectivity index (χ4n) is 3.65. The summed E-state index contributed by atoms with van der Waals surface area (Å²) in [6, 6.07) is 7.73. The fourth-order valence-corrected chi connectivity index (χ4v) is 4.39. The molecular formula is C19H17FN2O3S. The highest BCUT2D eigenvalue weighted by Crippen LogP contribution is 2.43. The Balaban J connectivity index is 1.59. The summed E-state index contributed by atoms with van der Waals surface area (Å²) < 4.78 is 21.3. The predicted octanol–water partition coefficient (Wildman–Crippen LogP) is 3.45. The number of ether oxygens (including phenoxy) is 1. The van der Waals surface area contributed by atoms with Crippen molar-refractivity contribution in [3.05, 3.63) is 69.3 Å². The van der Waals surface area contributed by atoms with Gasteiger partial charge in [-0.3, -0.25) is 14.0 Å². The Labute approximate surface area is 153 Å². The van der Waals surface area contributed by atoms with Crippen LogP contribution in [-0.2, 0) is 21.6 Å². The zero-order valence-electron chi connectivity index (χ0n) is 14.0. The van der Waals surface area contributed by atoms with Crippen LogP contribution in [0.2, 0.25) is 0 Å². The molecule has 0 unspecified atom stereocenters. The van der Waals surface area contributed by atoms with Crippen LogP contribution in [0.25, 0.3) is 4.96 Å². The molecule has 0 radical (unpaired) electrons. The highest BCUT2D eigenvalue weighted by molar-refractivity contribution is 7.15. The topological polar surface area (TPSA) is 60.7 Å². The van der Waals surface area contributed by atoms with E-state index in [1.165, 1.54) is 27.9 Å². The van der Waals surface area contributed by atoms with Gasteiger partial charge in [-0.15, -0.1) is 11.3 Å². The van der Waals surface area contributed by atoms with Crippen molar-refractivity contribution < 1.29 is 13.9 Å². The van der Waals surface area contributed by atoms with Gasteiger partial charge < -0.3 is 4.74 Å². The van der Waals surface area contributed by atoms with Gasteiger partial charge in [0.25, 0.3) is 5.56 Å². The second kappa shape index (κ2) is 6.64. The van der Waals surface area contributed by atoms with Gasteiger partial charge in [0.1, 0.15) is 12.4 Å². The van der Waals surface area contributed by atoms with E-state index < -0.39 is 11.4 Å². The largest absolute Gasteiger partial charge is 0.458 e. The number of nitrogens with zero attached hydrogens (tertiary/aromatic N) is 2. The van der Waals surface area contributed by atoms with E-state index in [0.29, 0.717) is 29.1 Å². The number of carbonyl (C=O) groups excluding carboxylic acids is 1. The molecule has 0 aliphatic heterocycles. The third-order valence-corrected chi connectivity index (χ3v) is 5.70. The van der Waals surface area contributed by atoms with Gasteiger partial charge in [0.05, 0.1) is 11.1 Å². The number of carbonyl (C=O) groups is 1. The number of thiazole rings is 1. The summed E-state index contributed by atoms with van der Waals surface area (Å²) in [4.78, 5) is 29.8. The molecule has 5 nitrogen and oxygen atoms in total. The Hall–Kier alpha value is -2.54. The summed E-state index contributed by atoms with van der Waals surface area (Å²) in [5.41, 5.74) is -0.378. The molecule has 1 saturated carbocycles. The Bertz CT molecular complexity index is 1020. The van der Waals surface area contributed by atoms with Gasteiger partial charge in [-0.2, -0.15) is 0 Å². The van der Waals surface area contributed by atoms with Crippen molar-refractivity contribution in [2.75, 3.05) is 0 Å². The van der Waals surface area contributed by atoms with Gasteiger partial charge in [0, 0.05) is 23.2 Å². The van der Waals surface area contributed by atoms with Crippen molar-refractivity contribution in [3.8, 4) is 0 Å². The molecule has 2 heterocycles. The van der Waals surface area contributed by atoms with Crippen molar-refractivity contribution in [3.63, 3.8) is 0 Å². The molecule has 1 fully saturated rings. The average molecular weight is 372 g/mol. The monoisotopic (exact) mass is 372 g/mol. The second-order valence-electron chi connectivity index (χ2n) is 6.49. The van der Waals surface area contributed by atoms with E-state index in [1.54, 1.807) is 29.8 Å². The van der Waals surface area contributed by atoms with E-state index in [9.17, 15) is 14.0 Å². The highest BCUT2D eigenvalue weighted by Gasteiger charge is 2.45. The van der Waals surface area contributed by atoms with Crippen molar-refractivity contribution >= 4 is 22.3 Å². The molecule has 0 bridgehead atoms. The van der Waals surface area contributed by atoms with Crippen LogP contribution < -0.4 is 5.56 Å². The number of hydrogen-bond acceptors (Lipinski definition) is 5. The molecule has 1 aliphatic carbocycles. The molecule has 4 rings (SSSR count). The predicted molar refractivity (Wildman–Crippen MR) is 95.7 cm³/mol. The van der Waals surface area contributed by atoms with Gasteiger partial charge >= 0.3 is 5.97 Å². The number of esters is 1. The number of aromatic nitrogens is 2. The SMILES string of the molecule is O=C(OCc1cc(=O)n2ccsc2n1)C1(c2ccccc2F)CCCC1. The number of fused-ring (bicyclic) bond motifs is 1. The van der Waals surface area contributed by atoms with Crippen molar-refractivity contribution in [2.24, 2.45) is 0 Å². The van der Waals surface area contributed by atoms with Gasteiger partial charge in [-0.1, -0.05) is 31.0 Å². The van der Waals surface area contributed by atoms with E-state index in [1.807, 2.05) is 0 Å². The molecule has 0 atom stereocenters. The maximum absolute atomic E-state index is 14.3. The molecule has 1 aliphatic rings. The molecule has 26 heavy (non-hydrogen) atoms. The van der Waals surface area contributed by atoms with Gasteiger partial charge in [0.2, 0.25) is 0 Å². The van der Waals surface area contributed by atoms with Crippen LogP contribution in [0.3, 0.4) is 0 Å². The Morgan fingerprint density at radius 3 is 2.85 bits per heavy atom. The van der Waals surface area contributed by atoms with Crippen LogP contribution in [0.1, 0.15) is 36.9 Å². The Kier molecular flexibility index (Phi) is 4.32. The molecule has 7 heteroatoms. The van der Waals surface area contributed by atoms with Crippen molar-refractivity contribution in [1.82, 2.24) is 9.38 Å². The van der Waals surface area contributed by atoms with Crippen LogP contribution in [0, 0.1) is 5.82 Å². The first-order chi connectivity index (χ1) is 12.6. The van der Waals surface area contributed by atoms with Crippen LogP contribution in [0.15, 0.2) is 46.7 Å². The van der Waals surface area contributed by atoms with Gasteiger partial charge in [-0.05, 0) is 18.9 Å². The number of benzene rings is 1. The number of hydrogen-bond donors (Lipinski definition) is 0. The van der Waals surface area contributed by atoms with E-state index in [-0.39, 0.29) is 18.0 Å². The first-order valence-corrected chi connectivity index (χ1v) is 9.36. The van der Waals surface area contributed by atoms with Crippen LogP contribution in [-0.4, -0.2) is 15.4 Å². The summed E-state index contributed by atoms with van der Waals surface area (Å²) >= 11 is 1.34. The zero-order valence-corrected chi connectivity index (χ0v) is 14.8. The Morgan fingerprint density at radius 1 is 1.31 bits per heavy atom. The minimum absolute atomic E-state index is 0.0985. The minimum atomic E-state index is -0.951. The smallest absolute Gasteiger partial charge is 0.317 e. The lowest BCUT2D eigenvalue weighted by molar-refractivity contribution is -0.152. The first kappa shape index (κ1) is 16.9. The molecule has 2 aromatic heterocycles. The molecule has 0 spiro atoms. The van der Waals surface area contributed by atoms with Gasteiger partial charge in [-0.25, -0.2) is 9.37 Å². The van der Waals surface area contributed by atoms with E-state index in [2.05, 4.69) is 4.98 Å². The van der Waals surface area contributed by atoms with Crippen LogP contribution >= 0.6 is 11.3 Å². The van der Waals surface area contributed by atoms with E-state index in [0.717, 1.165) is 12.8 Å². The first-order valence-electron chi connectivity index (χ1n) is 8.48. The van der Waals surface area contributed by atoms with Crippen LogP contribution in [0.5, 0.6) is 0 Å². The highest BCUT2D eigenvalue weighted by atomic mass is 32.1. The summed E-state index contributed by atoms with van der Waals surface area (Å²) in [7, 11) is 0. The summed E-state index contributed by atoms with van der Waals surface area (Å²) in [6.45, 7) is -0.0985. The lowest BCUT2D eigenvalue weighted by atomic mass is 9.78. The summed E-state index contributed by atoms with van der Waals surface area (Å²) in [5.74, 6) is -0.837. The lowest BCUT2D eigenvalue weighted by Gasteiger charge is -2.27. The normalized spacial score (nSPS) is 16.0.